The molecule has 1 fully saturated rings. The molecule has 0 aliphatic heterocycles. The zero-order valence-electron chi connectivity index (χ0n) is 11.6. The first kappa shape index (κ1) is 13.2. The number of hydrogen-bond acceptors (Lipinski definition) is 1. The third kappa shape index (κ3) is 2.31. The van der Waals surface area contributed by atoms with Crippen LogP contribution in [0.25, 0.3) is 0 Å². The van der Waals surface area contributed by atoms with Crippen LogP contribution in [-0.4, -0.2) is 15.6 Å². The van der Waals surface area contributed by atoms with Crippen molar-refractivity contribution in [1.29, 1.82) is 0 Å². The summed E-state index contributed by atoms with van der Waals surface area (Å²) in [4.78, 5) is 11.2. The van der Waals surface area contributed by atoms with E-state index in [2.05, 4.69) is 11.5 Å². The Morgan fingerprint density at radius 2 is 1.94 bits per heavy atom. The van der Waals surface area contributed by atoms with Gasteiger partial charge in [-0.3, -0.25) is 0 Å². The molecule has 0 unspecified atom stereocenters. The van der Waals surface area contributed by atoms with E-state index < -0.39 is 5.97 Å². The molecule has 0 saturated heterocycles. The van der Waals surface area contributed by atoms with Crippen molar-refractivity contribution in [3.63, 3.8) is 0 Å². The van der Waals surface area contributed by atoms with Gasteiger partial charge in [-0.1, -0.05) is 13.3 Å². The lowest BCUT2D eigenvalue weighted by molar-refractivity contribution is 0.0695. The minimum absolute atomic E-state index is 0.463. The van der Waals surface area contributed by atoms with Crippen LogP contribution >= 0.6 is 0 Å². The van der Waals surface area contributed by atoms with E-state index in [4.69, 9.17) is 5.11 Å². The van der Waals surface area contributed by atoms with Crippen molar-refractivity contribution in [3.8, 4) is 0 Å². The first-order valence-corrected chi connectivity index (χ1v) is 6.96. The Bertz CT molecular complexity index is 440. The monoisotopic (exact) mass is 249 g/mol. The number of carboxylic acids is 1. The van der Waals surface area contributed by atoms with Gasteiger partial charge < -0.3 is 9.67 Å². The van der Waals surface area contributed by atoms with E-state index in [1.807, 2.05) is 19.9 Å². The van der Waals surface area contributed by atoms with Gasteiger partial charge in [-0.15, -0.1) is 0 Å². The van der Waals surface area contributed by atoms with Crippen molar-refractivity contribution in [2.24, 2.45) is 5.92 Å². The molecule has 3 heteroatoms. The van der Waals surface area contributed by atoms with Crippen molar-refractivity contribution < 1.29 is 9.90 Å². The molecule has 0 radical (unpaired) electrons. The summed E-state index contributed by atoms with van der Waals surface area (Å²) in [6.45, 7) is 6.22. The Balaban J connectivity index is 2.22. The van der Waals surface area contributed by atoms with E-state index >= 15 is 0 Å². The number of aryl methyl sites for hydroxylation is 1. The predicted molar refractivity (Wildman–Crippen MR) is 72.2 cm³/mol. The highest BCUT2D eigenvalue weighted by molar-refractivity contribution is 5.89. The molecule has 1 aromatic rings. The first-order valence-electron chi connectivity index (χ1n) is 6.96. The maximum atomic E-state index is 11.2. The SMILES string of the molecule is CCC1CCC(n2c(C)cc(C(=O)O)c2C)CC1. The summed E-state index contributed by atoms with van der Waals surface area (Å²) in [5.41, 5.74) is 2.47. The zero-order chi connectivity index (χ0) is 13.3. The molecule has 0 spiro atoms. The lowest BCUT2D eigenvalue weighted by Crippen LogP contribution is -2.19. The highest BCUT2D eigenvalue weighted by atomic mass is 16.4. The Morgan fingerprint density at radius 1 is 1.33 bits per heavy atom. The van der Waals surface area contributed by atoms with Crippen molar-refractivity contribution in [2.45, 2.75) is 58.9 Å². The second kappa shape index (κ2) is 5.17. The lowest BCUT2D eigenvalue weighted by Gasteiger charge is -2.31. The molecule has 2 rings (SSSR count). The molecule has 1 aliphatic carbocycles. The normalized spacial score (nSPS) is 24.2. The van der Waals surface area contributed by atoms with Gasteiger partial charge in [0.2, 0.25) is 0 Å². The number of nitrogens with zero attached hydrogens (tertiary/aromatic N) is 1. The van der Waals surface area contributed by atoms with Crippen molar-refractivity contribution in [1.82, 2.24) is 4.57 Å². The van der Waals surface area contributed by atoms with Crippen LogP contribution in [-0.2, 0) is 0 Å². The maximum absolute atomic E-state index is 11.2. The summed E-state index contributed by atoms with van der Waals surface area (Å²) < 4.78 is 2.25. The highest BCUT2D eigenvalue weighted by Gasteiger charge is 2.25. The van der Waals surface area contributed by atoms with Gasteiger partial charge in [0.1, 0.15) is 0 Å². The predicted octanol–water partition coefficient (Wildman–Crippen LogP) is 3.94. The number of hydrogen-bond donors (Lipinski definition) is 1. The fraction of sp³-hybridized carbons (Fsp3) is 0.667. The average molecular weight is 249 g/mol. The summed E-state index contributed by atoms with van der Waals surface area (Å²) in [7, 11) is 0. The zero-order valence-corrected chi connectivity index (χ0v) is 11.6. The molecular formula is C15H23NO2. The molecule has 1 heterocycles. The van der Waals surface area contributed by atoms with Crippen LogP contribution in [0.15, 0.2) is 6.07 Å². The van der Waals surface area contributed by atoms with Crippen molar-refractivity contribution in [2.75, 3.05) is 0 Å². The molecule has 0 bridgehead atoms. The van der Waals surface area contributed by atoms with Crippen LogP contribution in [0.3, 0.4) is 0 Å². The van der Waals surface area contributed by atoms with E-state index in [0.29, 0.717) is 11.6 Å². The molecule has 1 aromatic heterocycles. The third-order valence-electron chi connectivity index (χ3n) is 4.47. The maximum Gasteiger partial charge on any atom is 0.337 e. The summed E-state index contributed by atoms with van der Waals surface area (Å²) in [6, 6.07) is 2.31. The van der Waals surface area contributed by atoms with Gasteiger partial charge in [-0.25, -0.2) is 4.79 Å². The fourth-order valence-electron chi connectivity index (χ4n) is 3.37. The smallest absolute Gasteiger partial charge is 0.337 e. The second-order valence-electron chi connectivity index (χ2n) is 5.54. The van der Waals surface area contributed by atoms with Crippen molar-refractivity contribution in [3.05, 3.63) is 23.0 Å². The van der Waals surface area contributed by atoms with Gasteiger partial charge in [0.15, 0.2) is 0 Å². The highest BCUT2D eigenvalue weighted by Crippen LogP contribution is 2.36. The van der Waals surface area contributed by atoms with Crippen molar-refractivity contribution >= 4 is 5.97 Å². The summed E-state index contributed by atoms with van der Waals surface area (Å²) in [5.74, 6) is 0.0629. The number of carbonyl (C=O) groups is 1. The molecule has 3 nitrogen and oxygen atoms in total. The molecule has 0 aromatic carbocycles. The van der Waals surface area contributed by atoms with Gasteiger partial charge in [0, 0.05) is 17.4 Å². The molecule has 18 heavy (non-hydrogen) atoms. The Kier molecular flexibility index (Phi) is 3.79. The molecule has 100 valence electrons. The molecule has 0 atom stereocenters. The molecule has 1 N–H and O–H groups in total. The van der Waals surface area contributed by atoms with E-state index in [1.165, 1.54) is 32.1 Å². The molecular weight excluding hydrogens is 226 g/mol. The second-order valence-corrected chi connectivity index (χ2v) is 5.54. The van der Waals surface area contributed by atoms with E-state index in [9.17, 15) is 4.79 Å². The van der Waals surface area contributed by atoms with Gasteiger partial charge in [0.05, 0.1) is 5.56 Å². The Hall–Kier alpha value is -1.25. The standard InChI is InChI=1S/C15H23NO2/c1-4-12-5-7-13(8-6-12)16-10(2)9-14(11(16)3)15(17)18/h9,12-13H,4-8H2,1-3H3,(H,17,18). The molecule has 0 amide bonds. The van der Waals surface area contributed by atoms with Gasteiger partial charge in [-0.2, -0.15) is 0 Å². The largest absolute Gasteiger partial charge is 0.478 e. The summed E-state index contributed by atoms with van der Waals surface area (Å²) in [6.07, 6.45) is 6.21. The topological polar surface area (TPSA) is 42.2 Å². The van der Waals surface area contributed by atoms with Crippen LogP contribution in [0.1, 0.15) is 66.8 Å². The number of carboxylic acid groups (broad SMARTS) is 1. The first-order chi connectivity index (χ1) is 8.54. The number of rotatable bonds is 3. The van der Waals surface area contributed by atoms with Crippen LogP contribution in [0.4, 0.5) is 0 Å². The molecule has 1 saturated carbocycles. The van der Waals surface area contributed by atoms with E-state index in [1.54, 1.807) is 0 Å². The van der Waals surface area contributed by atoms with Crippen LogP contribution < -0.4 is 0 Å². The summed E-state index contributed by atoms with van der Waals surface area (Å²) in [5, 5.41) is 9.17. The van der Waals surface area contributed by atoms with Crippen LogP contribution in [0.2, 0.25) is 0 Å². The van der Waals surface area contributed by atoms with Crippen LogP contribution in [0, 0.1) is 19.8 Å². The molecule has 1 aliphatic rings. The Morgan fingerprint density at radius 3 is 2.39 bits per heavy atom. The van der Waals surface area contributed by atoms with E-state index in [0.717, 1.165) is 17.3 Å². The third-order valence-corrected chi connectivity index (χ3v) is 4.47. The van der Waals surface area contributed by atoms with Gasteiger partial charge in [0.25, 0.3) is 0 Å². The fourth-order valence-corrected chi connectivity index (χ4v) is 3.37. The van der Waals surface area contributed by atoms with Gasteiger partial charge >= 0.3 is 5.97 Å². The Labute approximate surface area is 109 Å². The number of aromatic carboxylic acids is 1. The van der Waals surface area contributed by atoms with Gasteiger partial charge in [-0.05, 0) is 51.5 Å². The summed E-state index contributed by atoms with van der Waals surface area (Å²) >= 11 is 0. The number of aromatic nitrogens is 1. The lowest BCUT2D eigenvalue weighted by atomic mass is 9.84. The quantitative estimate of drug-likeness (QED) is 0.881. The van der Waals surface area contributed by atoms with E-state index in [-0.39, 0.29) is 0 Å². The minimum Gasteiger partial charge on any atom is -0.478 e. The average Bonchev–Trinajstić information content (AvgIpc) is 2.65. The van der Waals surface area contributed by atoms with Crippen LogP contribution in [0.5, 0.6) is 0 Å². The minimum atomic E-state index is -0.809.